The van der Waals surface area contributed by atoms with Crippen LogP contribution in [-0.2, 0) is 13.1 Å². The molecule has 2 aliphatic heterocycles. The highest BCUT2D eigenvalue weighted by molar-refractivity contribution is 6.30. The molecule has 3 aromatic rings. The number of pyridine rings is 3. The van der Waals surface area contributed by atoms with Crippen LogP contribution >= 0.6 is 11.6 Å². The van der Waals surface area contributed by atoms with Crippen LogP contribution in [0.5, 0.6) is 0 Å². The van der Waals surface area contributed by atoms with Crippen LogP contribution < -0.4 is 16.4 Å². The third-order valence-electron chi connectivity index (χ3n) is 7.09. The number of nitrogens with zero attached hydrogens (tertiary/aromatic N) is 4. The van der Waals surface area contributed by atoms with Gasteiger partial charge in [-0.1, -0.05) is 17.7 Å². The Balaban J connectivity index is 1.25. The molecule has 0 bridgehead atoms. The van der Waals surface area contributed by atoms with Gasteiger partial charge in [0, 0.05) is 42.3 Å². The first-order valence-electron chi connectivity index (χ1n) is 11.3. The molecule has 0 aliphatic carbocycles. The molecule has 0 saturated carbocycles. The van der Waals surface area contributed by atoms with Gasteiger partial charge >= 0.3 is 0 Å². The molecule has 7 nitrogen and oxygen atoms in total. The summed E-state index contributed by atoms with van der Waals surface area (Å²) >= 11 is 6.03. The number of hydrogen-bond acceptors (Lipinski definition) is 5. The predicted octanol–water partition coefficient (Wildman–Crippen LogP) is 2.72. The van der Waals surface area contributed by atoms with Crippen molar-refractivity contribution in [2.45, 2.75) is 57.9 Å². The normalized spacial score (nSPS) is 20.2. The lowest BCUT2D eigenvalue weighted by atomic mass is 10.00. The highest BCUT2D eigenvalue weighted by Crippen LogP contribution is 2.29. The summed E-state index contributed by atoms with van der Waals surface area (Å²) in [6.45, 7) is 7.41. The molecule has 168 valence electrons. The van der Waals surface area contributed by atoms with Crippen molar-refractivity contribution in [1.29, 1.82) is 0 Å². The maximum absolute atomic E-state index is 12.7. The van der Waals surface area contributed by atoms with E-state index in [-0.39, 0.29) is 23.2 Å². The van der Waals surface area contributed by atoms with Crippen molar-refractivity contribution in [1.82, 2.24) is 24.3 Å². The standard InChI is InChI=1S/C24H28ClN5O2/c1-15-11-17(13-27-23(15)25)12-26-19-7-9-28(10-8-19)16(2)20-14-29-21(31)5-3-18-4-6-22(32)30(20)24(18)29/h3-6,11,13,16,19-20,26H,7-10,12,14H2,1-2H3/t16?,20-/m1/s1. The van der Waals surface area contributed by atoms with Crippen LogP contribution in [0.15, 0.2) is 46.1 Å². The average Bonchev–Trinajstić information content (AvgIpc) is 3.21. The number of piperidine rings is 1. The summed E-state index contributed by atoms with van der Waals surface area (Å²) < 4.78 is 3.59. The van der Waals surface area contributed by atoms with Crippen LogP contribution in [-0.4, -0.2) is 44.2 Å². The third kappa shape index (κ3) is 3.78. The van der Waals surface area contributed by atoms with E-state index in [0.29, 0.717) is 17.7 Å². The first kappa shape index (κ1) is 21.4. The van der Waals surface area contributed by atoms with Gasteiger partial charge in [0.05, 0.1) is 12.6 Å². The molecule has 1 unspecified atom stereocenters. The van der Waals surface area contributed by atoms with E-state index < -0.39 is 0 Å². The topological polar surface area (TPSA) is 72.2 Å². The summed E-state index contributed by atoms with van der Waals surface area (Å²) in [5, 5.41) is 5.15. The van der Waals surface area contributed by atoms with Crippen molar-refractivity contribution in [2.75, 3.05) is 13.1 Å². The van der Waals surface area contributed by atoms with Gasteiger partial charge in [0.1, 0.15) is 10.8 Å². The van der Waals surface area contributed by atoms with E-state index in [1.165, 1.54) is 0 Å². The number of halogens is 1. The van der Waals surface area contributed by atoms with Crippen LogP contribution in [0, 0.1) is 6.92 Å². The van der Waals surface area contributed by atoms with Crippen LogP contribution in [0.3, 0.4) is 0 Å². The van der Waals surface area contributed by atoms with Crippen molar-refractivity contribution < 1.29 is 0 Å². The number of rotatable bonds is 5. The molecule has 8 heteroatoms. The van der Waals surface area contributed by atoms with E-state index in [2.05, 4.69) is 28.2 Å². The minimum Gasteiger partial charge on any atom is -0.310 e. The molecule has 1 saturated heterocycles. The van der Waals surface area contributed by atoms with E-state index in [9.17, 15) is 9.59 Å². The van der Waals surface area contributed by atoms with Gasteiger partial charge in [-0.05, 0) is 63.0 Å². The van der Waals surface area contributed by atoms with E-state index in [0.717, 1.165) is 54.6 Å². The summed E-state index contributed by atoms with van der Waals surface area (Å²) in [5.74, 6) is 0. The molecule has 0 aromatic carbocycles. The molecule has 0 amide bonds. The zero-order valence-electron chi connectivity index (χ0n) is 18.4. The molecule has 5 heterocycles. The molecule has 0 spiro atoms. The molecule has 0 radical (unpaired) electrons. The molecule has 1 fully saturated rings. The van der Waals surface area contributed by atoms with Gasteiger partial charge in [0.15, 0.2) is 0 Å². The number of nitrogens with one attached hydrogen (secondary N) is 1. The Morgan fingerprint density at radius 3 is 2.59 bits per heavy atom. The molecule has 2 aliphatic rings. The second-order valence-corrected chi connectivity index (χ2v) is 9.41. The van der Waals surface area contributed by atoms with Gasteiger partial charge < -0.3 is 5.32 Å². The Hall–Kier alpha value is -2.48. The third-order valence-corrected chi connectivity index (χ3v) is 7.48. The SMILES string of the molecule is Cc1cc(CNC2CCN(C(C)[C@H]3Cn4c(=O)ccc5ccc(=O)n3c54)CC2)cnc1Cl. The Labute approximate surface area is 191 Å². The summed E-state index contributed by atoms with van der Waals surface area (Å²) in [6, 6.07) is 9.50. The second kappa shape index (κ2) is 8.46. The fourth-order valence-electron chi connectivity index (χ4n) is 5.19. The van der Waals surface area contributed by atoms with E-state index in [1.54, 1.807) is 16.7 Å². The summed E-state index contributed by atoms with van der Waals surface area (Å²) in [5.41, 5.74) is 2.82. The maximum atomic E-state index is 12.7. The van der Waals surface area contributed by atoms with Gasteiger partial charge in [0.25, 0.3) is 11.1 Å². The molecule has 2 atom stereocenters. The number of likely N-dealkylation sites (tertiary alicyclic amines) is 1. The largest absolute Gasteiger partial charge is 0.310 e. The van der Waals surface area contributed by atoms with Gasteiger partial charge in [0.2, 0.25) is 0 Å². The van der Waals surface area contributed by atoms with E-state index in [4.69, 9.17) is 11.6 Å². The molecule has 1 N–H and O–H groups in total. The zero-order valence-corrected chi connectivity index (χ0v) is 19.2. The van der Waals surface area contributed by atoms with Crippen LogP contribution in [0.2, 0.25) is 5.15 Å². The monoisotopic (exact) mass is 453 g/mol. The highest BCUT2D eigenvalue weighted by atomic mass is 35.5. The van der Waals surface area contributed by atoms with Crippen molar-refractivity contribution in [2.24, 2.45) is 0 Å². The maximum Gasteiger partial charge on any atom is 0.252 e. The van der Waals surface area contributed by atoms with Gasteiger partial charge in [-0.3, -0.25) is 23.6 Å². The molecule has 32 heavy (non-hydrogen) atoms. The molecular formula is C24H28ClN5O2. The Kier molecular flexibility index (Phi) is 5.65. The zero-order chi connectivity index (χ0) is 22.4. The number of hydrogen-bond donors (Lipinski definition) is 1. The minimum absolute atomic E-state index is 0.0328. The molecule has 3 aromatic heterocycles. The van der Waals surface area contributed by atoms with Gasteiger partial charge in [-0.15, -0.1) is 0 Å². The molecular weight excluding hydrogens is 426 g/mol. The average molecular weight is 454 g/mol. The second-order valence-electron chi connectivity index (χ2n) is 9.05. The van der Waals surface area contributed by atoms with Gasteiger partial charge in [-0.25, -0.2) is 4.98 Å². The van der Waals surface area contributed by atoms with E-state index >= 15 is 0 Å². The first-order valence-corrected chi connectivity index (χ1v) is 11.6. The van der Waals surface area contributed by atoms with Crippen molar-refractivity contribution >= 4 is 22.6 Å². The Morgan fingerprint density at radius 2 is 1.88 bits per heavy atom. The Morgan fingerprint density at radius 1 is 1.16 bits per heavy atom. The lowest BCUT2D eigenvalue weighted by molar-refractivity contribution is 0.114. The quantitative estimate of drug-likeness (QED) is 0.601. The lowest BCUT2D eigenvalue weighted by Gasteiger charge is -2.39. The fourth-order valence-corrected chi connectivity index (χ4v) is 5.30. The first-order chi connectivity index (χ1) is 15.4. The lowest BCUT2D eigenvalue weighted by Crippen LogP contribution is -2.49. The van der Waals surface area contributed by atoms with Crippen molar-refractivity contribution in [3.05, 3.63) is 73.5 Å². The molecule has 5 rings (SSSR count). The summed E-state index contributed by atoms with van der Waals surface area (Å²) in [4.78, 5) is 31.9. The van der Waals surface area contributed by atoms with Gasteiger partial charge in [-0.2, -0.15) is 0 Å². The van der Waals surface area contributed by atoms with Crippen LogP contribution in [0.4, 0.5) is 0 Å². The number of aromatic nitrogens is 3. The highest BCUT2D eigenvalue weighted by Gasteiger charge is 2.34. The van der Waals surface area contributed by atoms with Crippen LogP contribution in [0.25, 0.3) is 11.0 Å². The summed E-state index contributed by atoms with van der Waals surface area (Å²) in [7, 11) is 0. The minimum atomic E-state index is -0.0404. The van der Waals surface area contributed by atoms with Crippen LogP contribution in [0.1, 0.15) is 36.9 Å². The summed E-state index contributed by atoms with van der Waals surface area (Å²) in [6.07, 6.45) is 3.92. The Bertz CT molecular complexity index is 1270. The van der Waals surface area contributed by atoms with Crippen molar-refractivity contribution in [3.8, 4) is 0 Å². The van der Waals surface area contributed by atoms with Crippen molar-refractivity contribution in [3.63, 3.8) is 0 Å². The predicted molar refractivity (Wildman–Crippen MR) is 126 cm³/mol. The fraction of sp³-hybridized carbons (Fsp3) is 0.458. The smallest absolute Gasteiger partial charge is 0.252 e. The van der Waals surface area contributed by atoms with E-state index in [1.807, 2.05) is 29.8 Å². The number of aryl methyl sites for hydroxylation is 1.